The minimum absolute atomic E-state index is 0.00665. The van der Waals surface area contributed by atoms with E-state index in [2.05, 4.69) is 5.10 Å². The third kappa shape index (κ3) is 3.33. The molecule has 0 bridgehead atoms. The number of aryl methyl sites for hydroxylation is 1. The molecule has 1 saturated carbocycles. The summed E-state index contributed by atoms with van der Waals surface area (Å²) in [5.74, 6) is -1.39. The molecule has 1 aliphatic carbocycles. The van der Waals surface area contributed by atoms with Crippen LogP contribution in [0.4, 0.5) is 0 Å². The molecule has 0 saturated heterocycles. The van der Waals surface area contributed by atoms with E-state index in [4.69, 9.17) is 5.11 Å². The fraction of sp³-hybridized carbons (Fsp3) is 0.412. The highest BCUT2D eigenvalue weighted by Crippen LogP contribution is 2.29. The lowest BCUT2D eigenvalue weighted by atomic mass is 10.2. The number of hydrogen-bond donors (Lipinski definition) is 2. The zero-order valence-corrected chi connectivity index (χ0v) is 13.8. The molecule has 0 spiro atoms. The van der Waals surface area contributed by atoms with Crippen LogP contribution in [-0.2, 0) is 16.1 Å². The van der Waals surface area contributed by atoms with Crippen LogP contribution in [0.5, 0.6) is 0 Å². The average Bonchev–Trinajstić information content (AvgIpc) is 3.41. The highest BCUT2D eigenvalue weighted by atomic mass is 16.4. The topological polar surface area (TPSA) is 112 Å². The van der Waals surface area contributed by atoms with Crippen molar-refractivity contribution in [3.05, 3.63) is 45.0 Å². The molecule has 2 N–H and O–H groups in total. The zero-order valence-electron chi connectivity index (χ0n) is 13.8. The van der Waals surface area contributed by atoms with Crippen molar-refractivity contribution >= 4 is 22.6 Å². The summed E-state index contributed by atoms with van der Waals surface area (Å²) < 4.78 is 1.11. The monoisotopic (exact) mass is 345 g/mol. The molecule has 8 heteroatoms. The van der Waals surface area contributed by atoms with E-state index in [1.165, 1.54) is 11.8 Å². The molecule has 1 aliphatic rings. The van der Waals surface area contributed by atoms with Crippen LogP contribution in [0.15, 0.2) is 33.9 Å². The highest BCUT2D eigenvalue weighted by Gasteiger charge is 2.38. The van der Waals surface area contributed by atoms with Crippen LogP contribution >= 0.6 is 0 Å². The number of aromatic amines is 1. The lowest BCUT2D eigenvalue weighted by Gasteiger charge is -2.26. The number of aromatic nitrogens is 2. The zero-order chi connectivity index (χ0) is 18.1. The Balaban J connectivity index is 1.81. The third-order valence-corrected chi connectivity index (χ3v) is 4.44. The molecule has 1 atom stereocenters. The standard InChI is InChI=1S/C17H19N3O5/c1-10(17(24)25)20(11-6-7-11)14(21)8-9-19-16(23)13-5-3-2-4-12(13)15(22)18-19/h2-5,10-11H,6-9H2,1H3,(H,18,22)(H,24,25). The van der Waals surface area contributed by atoms with Crippen molar-refractivity contribution in [2.45, 2.75) is 44.8 Å². The maximum Gasteiger partial charge on any atom is 0.326 e. The van der Waals surface area contributed by atoms with Crippen molar-refractivity contribution < 1.29 is 14.7 Å². The van der Waals surface area contributed by atoms with Crippen molar-refractivity contribution in [1.29, 1.82) is 0 Å². The number of carbonyl (C=O) groups excluding carboxylic acids is 1. The minimum Gasteiger partial charge on any atom is -0.480 e. The van der Waals surface area contributed by atoms with E-state index in [0.717, 1.165) is 17.5 Å². The summed E-state index contributed by atoms with van der Waals surface area (Å²) in [6.45, 7) is 1.47. The Kier molecular flexibility index (Phi) is 4.43. The number of fused-ring (bicyclic) bond motifs is 1. The Bertz CT molecular complexity index is 941. The van der Waals surface area contributed by atoms with Gasteiger partial charge in [-0.3, -0.25) is 19.5 Å². The van der Waals surface area contributed by atoms with Gasteiger partial charge in [0.25, 0.3) is 11.1 Å². The van der Waals surface area contributed by atoms with Crippen LogP contribution < -0.4 is 11.1 Å². The van der Waals surface area contributed by atoms with Crippen molar-refractivity contribution in [2.24, 2.45) is 0 Å². The SMILES string of the molecule is CC(C(=O)O)N(C(=O)CCn1[nH]c(=O)c2ccccc2c1=O)C1CC1. The second kappa shape index (κ2) is 6.54. The second-order valence-corrected chi connectivity index (χ2v) is 6.24. The maximum absolute atomic E-state index is 12.5. The van der Waals surface area contributed by atoms with Crippen molar-refractivity contribution in [3.8, 4) is 0 Å². The van der Waals surface area contributed by atoms with Gasteiger partial charge in [-0.25, -0.2) is 9.48 Å². The summed E-state index contributed by atoms with van der Waals surface area (Å²) in [7, 11) is 0. The molecule has 25 heavy (non-hydrogen) atoms. The molecule has 8 nitrogen and oxygen atoms in total. The van der Waals surface area contributed by atoms with Gasteiger partial charge in [0.1, 0.15) is 6.04 Å². The lowest BCUT2D eigenvalue weighted by Crippen LogP contribution is -2.45. The number of carboxylic acids is 1. The van der Waals surface area contributed by atoms with Gasteiger partial charge in [-0.15, -0.1) is 0 Å². The molecule has 0 aliphatic heterocycles. The molecule has 1 fully saturated rings. The molecule has 132 valence electrons. The average molecular weight is 345 g/mol. The molecule has 1 heterocycles. The Labute approximate surface area is 142 Å². The van der Waals surface area contributed by atoms with Gasteiger partial charge in [-0.2, -0.15) is 0 Å². The fourth-order valence-corrected chi connectivity index (χ4v) is 2.95. The number of nitrogens with zero attached hydrogens (tertiary/aromatic N) is 2. The van der Waals surface area contributed by atoms with Crippen LogP contribution in [0.3, 0.4) is 0 Å². The number of H-pyrrole nitrogens is 1. The number of rotatable bonds is 6. The molecule has 2 aromatic rings. The predicted molar refractivity (Wildman–Crippen MR) is 90.4 cm³/mol. The van der Waals surface area contributed by atoms with Gasteiger partial charge in [-0.1, -0.05) is 12.1 Å². The van der Waals surface area contributed by atoms with Crippen LogP contribution in [-0.4, -0.2) is 43.7 Å². The van der Waals surface area contributed by atoms with Gasteiger partial charge in [0.05, 0.1) is 17.3 Å². The highest BCUT2D eigenvalue weighted by molar-refractivity contribution is 5.84. The molecule has 1 aromatic heterocycles. The Morgan fingerprint density at radius 1 is 1.28 bits per heavy atom. The van der Waals surface area contributed by atoms with E-state index in [1.54, 1.807) is 24.3 Å². The quantitative estimate of drug-likeness (QED) is 0.794. The molecule has 0 radical (unpaired) electrons. The van der Waals surface area contributed by atoms with Crippen molar-refractivity contribution in [3.63, 3.8) is 0 Å². The molecule has 1 unspecified atom stereocenters. The first kappa shape index (κ1) is 16.9. The van der Waals surface area contributed by atoms with Crippen LogP contribution in [0.1, 0.15) is 26.2 Å². The van der Waals surface area contributed by atoms with Crippen LogP contribution in [0, 0.1) is 0 Å². The number of benzene rings is 1. The molecular formula is C17H19N3O5. The van der Waals surface area contributed by atoms with Gasteiger partial charge < -0.3 is 10.0 Å². The van der Waals surface area contributed by atoms with Crippen molar-refractivity contribution in [1.82, 2.24) is 14.7 Å². The first-order valence-electron chi connectivity index (χ1n) is 8.16. The van der Waals surface area contributed by atoms with E-state index in [1.807, 2.05) is 0 Å². The van der Waals surface area contributed by atoms with Gasteiger partial charge in [0.15, 0.2) is 0 Å². The smallest absolute Gasteiger partial charge is 0.326 e. The number of carbonyl (C=O) groups is 2. The Morgan fingerprint density at radius 3 is 2.52 bits per heavy atom. The van der Waals surface area contributed by atoms with E-state index in [9.17, 15) is 19.2 Å². The molecule has 1 aromatic carbocycles. The normalized spacial score (nSPS) is 15.1. The maximum atomic E-state index is 12.5. The van der Waals surface area contributed by atoms with Gasteiger partial charge in [0, 0.05) is 12.5 Å². The third-order valence-electron chi connectivity index (χ3n) is 4.44. The number of carboxylic acid groups (broad SMARTS) is 1. The summed E-state index contributed by atoms with van der Waals surface area (Å²) >= 11 is 0. The molecule has 1 amide bonds. The van der Waals surface area contributed by atoms with Gasteiger partial charge >= 0.3 is 5.97 Å². The number of nitrogens with one attached hydrogen (secondary N) is 1. The summed E-state index contributed by atoms with van der Waals surface area (Å²) in [6.07, 6.45) is 1.52. The Morgan fingerprint density at radius 2 is 1.92 bits per heavy atom. The number of hydrogen-bond acceptors (Lipinski definition) is 4. The fourth-order valence-electron chi connectivity index (χ4n) is 2.95. The van der Waals surface area contributed by atoms with Gasteiger partial charge in [-0.05, 0) is 31.9 Å². The van der Waals surface area contributed by atoms with Crippen LogP contribution in [0.2, 0.25) is 0 Å². The first-order valence-corrected chi connectivity index (χ1v) is 8.16. The summed E-state index contributed by atoms with van der Waals surface area (Å²) in [5, 5.41) is 12.2. The van der Waals surface area contributed by atoms with Crippen molar-refractivity contribution in [2.75, 3.05) is 0 Å². The first-order chi connectivity index (χ1) is 11.9. The molecule has 3 rings (SSSR count). The number of amides is 1. The van der Waals surface area contributed by atoms with E-state index in [-0.39, 0.29) is 35.9 Å². The molecular weight excluding hydrogens is 326 g/mol. The second-order valence-electron chi connectivity index (χ2n) is 6.24. The summed E-state index contributed by atoms with van der Waals surface area (Å²) in [6, 6.07) is 5.51. The minimum atomic E-state index is -1.06. The Hall–Kier alpha value is -2.90. The number of aliphatic carboxylic acids is 1. The lowest BCUT2D eigenvalue weighted by molar-refractivity contribution is -0.150. The van der Waals surface area contributed by atoms with Gasteiger partial charge in [0.2, 0.25) is 5.91 Å². The van der Waals surface area contributed by atoms with Crippen LogP contribution in [0.25, 0.3) is 10.8 Å². The van der Waals surface area contributed by atoms with E-state index >= 15 is 0 Å². The summed E-state index contributed by atoms with van der Waals surface area (Å²) in [5.41, 5.74) is -0.784. The predicted octanol–water partition coefficient (Wildman–Crippen LogP) is 0.544. The van der Waals surface area contributed by atoms with E-state index < -0.39 is 17.6 Å². The van der Waals surface area contributed by atoms with E-state index in [0.29, 0.717) is 5.39 Å². The summed E-state index contributed by atoms with van der Waals surface area (Å²) in [4.78, 5) is 49.5. The largest absolute Gasteiger partial charge is 0.480 e.